The summed E-state index contributed by atoms with van der Waals surface area (Å²) < 4.78 is 13.0. The molecule has 0 fully saturated rings. The molecule has 1 rings (SSSR count). The Labute approximate surface area is 95.6 Å². The topological polar surface area (TPSA) is 12.0 Å². The molecule has 0 bridgehead atoms. The summed E-state index contributed by atoms with van der Waals surface area (Å²) in [6, 6.07) is 5.54. The van der Waals surface area contributed by atoms with Crippen LogP contribution in [0.5, 0.6) is 0 Å². The van der Waals surface area contributed by atoms with Crippen molar-refractivity contribution in [3.05, 3.63) is 34.6 Å². The van der Waals surface area contributed by atoms with E-state index in [9.17, 15) is 4.39 Å². The Balaban J connectivity index is 2.87. The van der Waals surface area contributed by atoms with Crippen molar-refractivity contribution in [3.63, 3.8) is 0 Å². The van der Waals surface area contributed by atoms with E-state index < -0.39 is 0 Å². The molecule has 1 aromatic carbocycles. The first-order valence-electron chi connectivity index (χ1n) is 5.25. The van der Waals surface area contributed by atoms with Gasteiger partial charge in [0.15, 0.2) is 0 Å². The second kappa shape index (κ2) is 5.47. The lowest BCUT2D eigenvalue weighted by atomic mass is 10.0. The maximum atomic E-state index is 13.0. The molecule has 1 nitrogen and oxygen atoms in total. The van der Waals surface area contributed by atoms with Crippen molar-refractivity contribution < 1.29 is 4.39 Å². The van der Waals surface area contributed by atoms with E-state index in [-0.39, 0.29) is 16.9 Å². The van der Waals surface area contributed by atoms with Gasteiger partial charge in [-0.2, -0.15) is 0 Å². The largest absolute Gasteiger partial charge is 0.308 e. The average Bonchev–Trinajstić information content (AvgIpc) is 2.18. The molecule has 0 amide bonds. The lowest BCUT2D eigenvalue weighted by Crippen LogP contribution is -2.27. The molecule has 0 radical (unpaired) electrons. The predicted molar refractivity (Wildman–Crippen MR) is 62.7 cm³/mol. The molecular formula is C12H17ClFN. The maximum Gasteiger partial charge on any atom is 0.141 e. The molecule has 0 aliphatic heterocycles. The molecule has 1 atom stereocenters. The van der Waals surface area contributed by atoms with Gasteiger partial charge in [-0.05, 0) is 24.1 Å². The number of rotatable bonds is 4. The first kappa shape index (κ1) is 12.5. The van der Waals surface area contributed by atoms with Gasteiger partial charge in [-0.3, -0.25) is 0 Å². The molecule has 0 aliphatic rings. The van der Waals surface area contributed by atoms with E-state index in [1.165, 1.54) is 6.07 Å². The van der Waals surface area contributed by atoms with Gasteiger partial charge in [-0.25, -0.2) is 4.39 Å². The van der Waals surface area contributed by atoms with Crippen LogP contribution in [0.4, 0.5) is 4.39 Å². The smallest absolute Gasteiger partial charge is 0.141 e. The molecule has 0 saturated carbocycles. The van der Waals surface area contributed by atoms with Crippen molar-refractivity contribution in [2.24, 2.45) is 0 Å². The Morgan fingerprint density at radius 3 is 2.53 bits per heavy atom. The van der Waals surface area contributed by atoms with E-state index in [0.29, 0.717) is 6.04 Å². The Morgan fingerprint density at radius 2 is 2.07 bits per heavy atom. The van der Waals surface area contributed by atoms with Crippen LogP contribution >= 0.6 is 11.6 Å². The minimum absolute atomic E-state index is 0.191. The van der Waals surface area contributed by atoms with Gasteiger partial charge in [0.2, 0.25) is 0 Å². The minimum Gasteiger partial charge on any atom is -0.308 e. The van der Waals surface area contributed by atoms with E-state index >= 15 is 0 Å². The SMILES string of the molecule is CCC(NC(C)C)c1ccc(F)c(Cl)c1. The van der Waals surface area contributed by atoms with Crippen LogP contribution in [0.2, 0.25) is 5.02 Å². The normalized spacial score (nSPS) is 13.2. The zero-order valence-corrected chi connectivity index (χ0v) is 10.1. The van der Waals surface area contributed by atoms with Crippen molar-refractivity contribution >= 4 is 11.6 Å². The first-order valence-corrected chi connectivity index (χ1v) is 5.63. The van der Waals surface area contributed by atoms with E-state index in [1.807, 2.05) is 0 Å². The zero-order chi connectivity index (χ0) is 11.4. The third-order valence-corrected chi connectivity index (χ3v) is 2.58. The second-order valence-corrected chi connectivity index (χ2v) is 4.36. The van der Waals surface area contributed by atoms with E-state index in [2.05, 4.69) is 26.1 Å². The summed E-state index contributed by atoms with van der Waals surface area (Å²) in [4.78, 5) is 0. The van der Waals surface area contributed by atoms with Crippen LogP contribution in [0.25, 0.3) is 0 Å². The van der Waals surface area contributed by atoms with E-state index in [4.69, 9.17) is 11.6 Å². The Kier molecular flexibility index (Phi) is 4.55. The summed E-state index contributed by atoms with van der Waals surface area (Å²) >= 11 is 5.75. The summed E-state index contributed by atoms with van der Waals surface area (Å²) in [6.07, 6.45) is 0.958. The summed E-state index contributed by atoms with van der Waals surface area (Å²) in [5, 5.41) is 3.60. The monoisotopic (exact) mass is 229 g/mol. The standard InChI is InChI=1S/C12H17ClFN/c1-4-12(15-8(2)3)9-5-6-11(14)10(13)7-9/h5-8,12,15H,4H2,1-3H3. The van der Waals surface area contributed by atoms with Gasteiger partial charge in [0.1, 0.15) is 5.82 Å². The Hall–Kier alpha value is -0.600. The Morgan fingerprint density at radius 1 is 1.40 bits per heavy atom. The van der Waals surface area contributed by atoms with E-state index in [0.717, 1.165) is 12.0 Å². The molecule has 1 unspecified atom stereocenters. The number of nitrogens with one attached hydrogen (secondary N) is 1. The highest BCUT2D eigenvalue weighted by molar-refractivity contribution is 6.30. The van der Waals surface area contributed by atoms with Gasteiger partial charge >= 0.3 is 0 Å². The molecule has 1 N–H and O–H groups in total. The molecule has 3 heteroatoms. The van der Waals surface area contributed by atoms with Crippen LogP contribution in [0, 0.1) is 5.82 Å². The quantitative estimate of drug-likeness (QED) is 0.825. The highest BCUT2D eigenvalue weighted by Gasteiger charge is 2.11. The second-order valence-electron chi connectivity index (χ2n) is 3.96. The van der Waals surface area contributed by atoms with Crippen molar-refractivity contribution in [3.8, 4) is 0 Å². The number of hydrogen-bond acceptors (Lipinski definition) is 1. The number of halogens is 2. The zero-order valence-electron chi connectivity index (χ0n) is 9.35. The minimum atomic E-state index is -0.361. The van der Waals surface area contributed by atoms with Crippen LogP contribution < -0.4 is 5.32 Å². The molecule has 0 saturated heterocycles. The van der Waals surface area contributed by atoms with Crippen LogP contribution in [0.3, 0.4) is 0 Å². The molecule has 15 heavy (non-hydrogen) atoms. The highest BCUT2D eigenvalue weighted by atomic mass is 35.5. The summed E-state index contributed by atoms with van der Waals surface area (Å²) in [6.45, 7) is 6.28. The first-order chi connectivity index (χ1) is 7.04. The highest BCUT2D eigenvalue weighted by Crippen LogP contribution is 2.23. The fourth-order valence-electron chi connectivity index (χ4n) is 1.58. The fourth-order valence-corrected chi connectivity index (χ4v) is 1.77. The van der Waals surface area contributed by atoms with E-state index in [1.54, 1.807) is 12.1 Å². The molecule has 0 aromatic heterocycles. The van der Waals surface area contributed by atoms with Crippen molar-refractivity contribution in [1.82, 2.24) is 5.32 Å². The third-order valence-electron chi connectivity index (χ3n) is 2.29. The fraction of sp³-hybridized carbons (Fsp3) is 0.500. The number of hydrogen-bond donors (Lipinski definition) is 1. The maximum absolute atomic E-state index is 13.0. The van der Waals surface area contributed by atoms with Crippen LogP contribution in [-0.4, -0.2) is 6.04 Å². The van der Waals surface area contributed by atoms with Crippen molar-refractivity contribution in [1.29, 1.82) is 0 Å². The lowest BCUT2D eigenvalue weighted by Gasteiger charge is -2.20. The van der Waals surface area contributed by atoms with Crippen molar-refractivity contribution in [2.75, 3.05) is 0 Å². The van der Waals surface area contributed by atoms with Crippen LogP contribution in [-0.2, 0) is 0 Å². The number of benzene rings is 1. The molecule has 0 aliphatic carbocycles. The molecule has 0 heterocycles. The third kappa shape index (κ3) is 3.47. The molecule has 0 spiro atoms. The van der Waals surface area contributed by atoms with Gasteiger partial charge in [0, 0.05) is 12.1 Å². The van der Waals surface area contributed by atoms with Gasteiger partial charge < -0.3 is 5.32 Å². The summed E-state index contributed by atoms with van der Waals surface area (Å²) in [5.41, 5.74) is 1.04. The van der Waals surface area contributed by atoms with Crippen LogP contribution in [0.1, 0.15) is 38.8 Å². The molecule has 84 valence electrons. The Bertz CT molecular complexity index is 325. The average molecular weight is 230 g/mol. The lowest BCUT2D eigenvalue weighted by molar-refractivity contribution is 0.465. The van der Waals surface area contributed by atoms with Crippen molar-refractivity contribution in [2.45, 2.75) is 39.3 Å². The predicted octanol–water partition coefficient (Wildman–Crippen LogP) is 3.93. The molecular weight excluding hydrogens is 213 g/mol. The summed E-state index contributed by atoms with van der Waals surface area (Å²) in [5.74, 6) is -0.361. The van der Waals surface area contributed by atoms with Gasteiger partial charge in [-0.1, -0.05) is 38.4 Å². The van der Waals surface area contributed by atoms with Crippen LogP contribution in [0.15, 0.2) is 18.2 Å². The van der Waals surface area contributed by atoms with Gasteiger partial charge in [-0.15, -0.1) is 0 Å². The van der Waals surface area contributed by atoms with Gasteiger partial charge in [0.05, 0.1) is 5.02 Å². The van der Waals surface area contributed by atoms with Gasteiger partial charge in [0.25, 0.3) is 0 Å². The summed E-state index contributed by atoms with van der Waals surface area (Å²) in [7, 11) is 0. The molecule has 1 aromatic rings.